The molecule has 0 atom stereocenters. The maximum atomic E-state index is 12.8. The van der Waals surface area contributed by atoms with Crippen molar-refractivity contribution in [2.45, 2.75) is 46.6 Å². The minimum Gasteiger partial charge on any atom is -0.351 e. The second-order valence-electron chi connectivity index (χ2n) is 8.15. The number of para-hydroxylation sites is 1. The van der Waals surface area contributed by atoms with Gasteiger partial charge in [0.25, 0.3) is 0 Å². The van der Waals surface area contributed by atoms with E-state index in [1.54, 1.807) is 19.9 Å². The number of benzene rings is 2. The number of amides is 2. The number of rotatable bonds is 5. The summed E-state index contributed by atoms with van der Waals surface area (Å²) < 4.78 is 0. The first-order chi connectivity index (χ1) is 12.5. The molecule has 0 aliphatic carbocycles. The Kier molecular flexibility index (Phi) is 6.32. The van der Waals surface area contributed by atoms with E-state index >= 15 is 0 Å². The summed E-state index contributed by atoms with van der Waals surface area (Å²) in [6, 6.07) is 15.0. The fraction of sp³-hybridized carbons (Fsp3) is 0.364. The van der Waals surface area contributed by atoms with Crippen LogP contribution in [0.3, 0.4) is 0 Å². The van der Waals surface area contributed by atoms with Gasteiger partial charge in [0.2, 0.25) is 11.8 Å². The first kappa shape index (κ1) is 21.0. The summed E-state index contributed by atoms with van der Waals surface area (Å²) in [5.74, 6) is -0.705. The lowest BCUT2D eigenvalue weighted by Gasteiger charge is -2.26. The number of hydrogen-bond donors (Lipinski definition) is 2. The van der Waals surface area contributed by atoms with Crippen LogP contribution >= 0.6 is 11.6 Å². The van der Waals surface area contributed by atoms with Crippen molar-refractivity contribution in [3.63, 3.8) is 0 Å². The van der Waals surface area contributed by atoms with Crippen molar-refractivity contribution in [2.24, 2.45) is 5.41 Å². The lowest BCUT2D eigenvalue weighted by molar-refractivity contribution is -0.138. The summed E-state index contributed by atoms with van der Waals surface area (Å²) >= 11 is 6.12. The summed E-state index contributed by atoms with van der Waals surface area (Å²) in [6.07, 6.45) is 0. The Labute approximate surface area is 166 Å². The molecule has 2 rings (SSSR count). The number of carbonyl (C=O) groups excluding carboxylic acids is 2. The Morgan fingerprint density at radius 3 is 2.11 bits per heavy atom. The molecular weight excluding hydrogens is 360 g/mol. The standard InChI is InChI=1S/C22H27ClN2O2/c1-21(2,3)16-11-7-9-13-18(16)25-20(27)22(4,5)19(26)24-14-15-10-6-8-12-17(15)23/h6-13H,14H2,1-5H3,(H,24,26)(H,25,27). The van der Waals surface area contributed by atoms with E-state index in [9.17, 15) is 9.59 Å². The highest BCUT2D eigenvalue weighted by atomic mass is 35.5. The van der Waals surface area contributed by atoms with Crippen molar-refractivity contribution >= 4 is 29.1 Å². The maximum Gasteiger partial charge on any atom is 0.239 e. The molecule has 2 N–H and O–H groups in total. The fourth-order valence-electron chi connectivity index (χ4n) is 2.67. The van der Waals surface area contributed by atoms with Gasteiger partial charge in [0.1, 0.15) is 5.41 Å². The van der Waals surface area contributed by atoms with Gasteiger partial charge in [-0.25, -0.2) is 0 Å². The second kappa shape index (κ2) is 8.13. The molecule has 2 aromatic carbocycles. The van der Waals surface area contributed by atoms with Gasteiger partial charge in [0, 0.05) is 17.3 Å². The van der Waals surface area contributed by atoms with Crippen LogP contribution < -0.4 is 10.6 Å². The third kappa shape index (κ3) is 5.10. The normalized spacial score (nSPS) is 11.8. The van der Waals surface area contributed by atoms with Crippen molar-refractivity contribution in [2.75, 3.05) is 5.32 Å². The summed E-state index contributed by atoms with van der Waals surface area (Å²) in [4.78, 5) is 25.5. The van der Waals surface area contributed by atoms with E-state index in [1.807, 2.05) is 42.5 Å². The molecule has 0 fully saturated rings. The molecule has 0 spiro atoms. The van der Waals surface area contributed by atoms with E-state index < -0.39 is 5.41 Å². The Bertz CT molecular complexity index is 838. The zero-order valence-electron chi connectivity index (χ0n) is 16.5. The predicted octanol–water partition coefficient (Wildman–Crippen LogP) is 4.92. The smallest absolute Gasteiger partial charge is 0.239 e. The quantitative estimate of drug-likeness (QED) is 0.716. The molecule has 0 aromatic heterocycles. The summed E-state index contributed by atoms with van der Waals surface area (Å²) in [6.45, 7) is 9.75. The topological polar surface area (TPSA) is 58.2 Å². The molecule has 27 heavy (non-hydrogen) atoms. The van der Waals surface area contributed by atoms with E-state index in [-0.39, 0.29) is 23.8 Å². The fourth-order valence-corrected chi connectivity index (χ4v) is 2.87. The third-order valence-electron chi connectivity index (χ3n) is 4.52. The van der Waals surface area contributed by atoms with Crippen molar-refractivity contribution in [3.8, 4) is 0 Å². The van der Waals surface area contributed by atoms with E-state index in [1.165, 1.54) is 0 Å². The average molecular weight is 387 g/mol. The molecule has 4 nitrogen and oxygen atoms in total. The zero-order valence-corrected chi connectivity index (χ0v) is 17.3. The molecule has 0 aliphatic rings. The molecule has 2 aromatic rings. The number of nitrogens with one attached hydrogen (secondary N) is 2. The molecular formula is C22H27ClN2O2. The lowest BCUT2D eigenvalue weighted by atomic mass is 9.85. The van der Waals surface area contributed by atoms with Crippen LogP contribution in [0.15, 0.2) is 48.5 Å². The van der Waals surface area contributed by atoms with E-state index in [2.05, 4.69) is 31.4 Å². The van der Waals surface area contributed by atoms with Crippen LogP contribution in [0.2, 0.25) is 5.02 Å². The maximum absolute atomic E-state index is 12.8. The third-order valence-corrected chi connectivity index (χ3v) is 4.88. The highest BCUT2D eigenvalue weighted by molar-refractivity contribution is 6.31. The molecule has 0 aliphatic heterocycles. The number of halogens is 1. The van der Waals surface area contributed by atoms with Crippen LogP contribution in [0.1, 0.15) is 45.7 Å². The monoisotopic (exact) mass is 386 g/mol. The highest BCUT2D eigenvalue weighted by Crippen LogP contribution is 2.30. The van der Waals surface area contributed by atoms with Crippen molar-refractivity contribution in [3.05, 3.63) is 64.7 Å². The van der Waals surface area contributed by atoms with Crippen molar-refractivity contribution in [1.29, 1.82) is 0 Å². The van der Waals surface area contributed by atoms with Crippen LogP contribution in [0.4, 0.5) is 5.69 Å². The van der Waals surface area contributed by atoms with Gasteiger partial charge in [-0.3, -0.25) is 9.59 Å². The largest absolute Gasteiger partial charge is 0.351 e. The first-order valence-corrected chi connectivity index (χ1v) is 9.34. The predicted molar refractivity (Wildman–Crippen MR) is 111 cm³/mol. The molecule has 0 unspecified atom stereocenters. The number of anilines is 1. The average Bonchev–Trinajstić information content (AvgIpc) is 2.60. The lowest BCUT2D eigenvalue weighted by Crippen LogP contribution is -2.45. The van der Waals surface area contributed by atoms with Gasteiger partial charge in [-0.1, -0.05) is 68.8 Å². The number of hydrogen-bond acceptors (Lipinski definition) is 2. The van der Waals surface area contributed by atoms with Gasteiger partial charge in [-0.2, -0.15) is 0 Å². The van der Waals surface area contributed by atoms with Crippen LogP contribution in [0, 0.1) is 5.41 Å². The Hall–Kier alpha value is -2.33. The number of carbonyl (C=O) groups is 2. The van der Waals surface area contributed by atoms with E-state index in [4.69, 9.17) is 11.6 Å². The SMILES string of the molecule is CC(C)(C(=O)NCc1ccccc1Cl)C(=O)Nc1ccccc1C(C)(C)C. The van der Waals surface area contributed by atoms with Gasteiger partial charge in [0.05, 0.1) is 0 Å². The molecule has 5 heteroatoms. The second-order valence-corrected chi connectivity index (χ2v) is 8.56. The van der Waals surface area contributed by atoms with Gasteiger partial charge in [-0.15, -0.1) is 0 Å². The van der Waals surface area contributed by atoms with Gasteiger partial charge >= 0.3 is 0 Å². The van der Waals surface area contributed by atoms with Crippen LogP contribution in [0.5, 0.6) is 0 Å². The molecule has 0 saturated heterocycles. The van der Waals surface area contributed by atoms with Gasteiger partial charge < -0.3 is 10.6 Å². The molecule has 144 valence electrons. The highest BCUT2D eigenvalue weighted by Gasteiger charge is 2.36. The minimum atomic E-state index is -1.23. The molecule has 2 amide bonds. The Balaban J connectivity index is 2.11. The van der Waals surface area contributed by atoms with Crippen molar-refractivity contribution < 1.29 is 9.59 Å². The summed E-state index contributed by atoms with van der Waals surface area (Å²) in [5, 5.41) is 6.31. The van der Waals surface area contributed by atoms with Crippen LogP contribution in [-0.4, -0.2) is 11.8 Å². The summed E-state index contributed by atoms with van der Waals surface area (Å²) in [5.41, 5.74) is 1.20. The van der Waals surface area contributed by atoms with Gasteiger partial charge in [0.15, 0.2) is 0 Å². The van der Waals surface area contributed by atoms with Crippen LogP contribution in [0.25, 0.3) is 0 Å². The van der Waals surface area contributed by atoms with Crippen molar-refractivity contribution in [1.82, 2.24) is 5.32 Å². The molecule has 0 radical (unpaired) electrons. The summed E-state index contributed by atoms with van der Waals surface area (Å²) in [7, 11) is 0. The first-order valence-electron chi connectivity index (χ1n) is 8.96. The molecule has 0 saturated carbocycles. The van der Waals surface area contributed by atoms with E-state index in [0.29, 0.717) is 5.02 Å². The Morgan fingerprint density at radius 2 is 1.48 bits per heavy atom. The molecule has 0 bridgehead atoms. The van der Waals surface area contributed by atoms with Gasteiger partial charge in [-0.05, 0) is 42.5 Å². The minimum absolute atomic E-state index is 0.125. The molecule has 0 heterocycles. The Morgan fingerprint density at radius 1 is 0.889 bits per heavy atom. The zero-order chi connectivity index (χ0) is 20.2. The van der Waals surface area contributed by atoms with E-state index in [0.717, 1.165) is 16.8 Å². The van der Waals surface area contributed by atoms with Crippen LogP contribution in [-0.2, 0) is 21.5 Å².